The normalized spacial score (nSPS) is 14.6. The van der Waals surface area contributed by atoms with Crippen molar-refractivity contribution in [2.24, 2.45) is 0 Å². The number of hydrogen-bond acceptors (Lipinski definition) is 3. The minimum Gasteiger partial charge on any atom is -0.389 e. The van der Waals surface area contributed by atoms with E-state index in [0.717, 1.165) is 0 Å². The number of sulfonamides is 1. The van der Waals surface area contributed by atoms with Crippen molar-refractivity contribution in [2.45, 2.75) is 45.0 Å². The average Bonchev–Trinajstić information content (AvgIpc) is 1.79. The molecule has 2 N–H and O–H groups in total. The lowest BCUT2D eigenvalue weighted by Crippen LogP contribution is -2.45. The second-order valence-electron chi connectivity index (χ2n) is 4.75. The first-order valence-corrected chi connectivity index (χ1v) is 5.66. The molecule has 0 bridgehead atoms. The van der Waals surface area contributed by atoms with Crippen molar-refractivity contribution >= 4 is 10.0 Å². The summed E-state index contributed by atoms with van der Waals surface area (Å²) >= 11 is 0. The zero-order valence-corrected chi connectivity index (χ0v) is 9.70. The van der Waals surface area contributed by atoms with E-state index in [1.54, 1.807) is 34.6 Å². The first-order valence-electron chi connectivity index (χ1n) is 4.17. The van der Waals surface area contributed by atoms with Gasteiger partial charge in [-0.15, -0.1) is 0 Å². The van der Waals surface area contributed by atoms with Gasteiger partial charge in [0.25, 0.3) is 0 Å². The highest BCUT2D eigenvalue weighted by Gasteiger charge is 2.30. The number of hydrogen-bond donors (Lipinski definition) is 2. The standard InChI is InChI=1S/C8H19NO3S/c1-7(2,3)13(11,12)9-6-8(4,5)10/h9-10H,6H2,1-5H3. The van der Waals surface area contributed by atoms with Gasteiger partial charge >= 0.3 is 0 Å². The van der Waals surface area contributed by atoms with Gasteiger partial charge in [0, 0.05) is 6.54 Å². The molecule has 0 aliphatic heterocycles. The maximum atomic E-state index is 11.5. The lowest BCUT2D eigenvalue weighted by atomic mass is 10.1. The Kier molecular flexibility index (Phi) is 3.52. The Labute approximate surface area is 80.4 Å². The second kappa shape index (κ2) is 3.55. The number of aliphatic hydroxyl groups is 1. The summed E-state index contributed by atoms with van der Waals surface area (Å²) in [5, 5.41) is 9.32. The van der Waals surface area contributed by atoms with Crippen molar-refractivity contribution in [1.29, 1.82) is 0 Å². The van der Waals surface area contributed by atoms with Crippen LogP contribution in [0.4, 0.5) is 0 Å². The van der Waals surface area contributed by atoms with Gasteiger partial charge in [-0.2, -0.15) is 0 Å². The summed E-state index contributed by atoms with van der Waals surface area (Å²) in [4.78, 5) is 0. The molecule has 0 aromatic rings. The Morgan fingerprint density at radius 1 is 1.15 bits per heavy atom. The van der Waals surface area contributed by atoms with Crippen molar-refractivity contribution in [3.63, 3.8) is 0 Å². The van der Waals surface area contributed by atoms with Crippen molar-refractivity contribution in [3.05, 3.63) is 0 Å². The van der Waals surface area contributed by atoms with E-state index in [9.17, 15) is 13.5 Å². The molecule has 0 aliphatic carbocycles. The molecule has 0 atom stereocenters. The fourth-order valence-electron chi connectivity index (χ4n) is 0.488. The molecule has 80 valence electrons. The monoisotopic (exact) mass is 209 g/mol. The Morgan fingerprint density at radius 3 is 1.77 bits per heavy atom. The molecular weight excluding hydrogens is 190 g/mol. The fraction of sp³-hybridized carbons (Fsp3) is 1.00. The van der Waals surface area contributed by atoms with Crippen LogP contribution in [0.15, 0.2) is 0 Å². The maximum Gasteiger partial charge on any atom is 0.216 e. The zero-order valence-electron chi connectivity index (χ0n) is 8.88. The molecule has 0 aromatic carbocycles. The Hall–Kier alpha value is -0.130. The zero-order chi connectivity index (χ0) is 10.9. The van der Waals surface area contributed by atoms with Crippen molar-refractivity contribution in [1.82, 2.24) is 4.72 Å². The van der Waals surface area contributed by atoms with Crippen LogP contribution < -0.4 is 4.72 Å². The molecule has 0 spiro atoms. The minimum atomic E-state index is -3.34. The van der Waals surface area contributed by atoms with E-state index in [-0.39, 0.29) is 6.54 Å². The quantitative estimate of drug-likeness (QED) is 0.710. The van der Waals surface area contributed by atoms with Crippen LogP contribution in [-0.2, 0) is 10.0 Å². The molecule has 0 unspecified atom stereocenters. The third-order valence-corrected chi connectivity index (χ3v) is 3.64. The van der Waals surface area contributed by atoms with Gasteiger partial charge in [0.2, 0.25) is 10.0 Å². The molecule has 0 amide bonds. The van der Waals surface area contributed by atoms with Crippen LogP contribution in [0, 0.1) is 0 Å². The second-order valence-corrected chi connectivity index (χ2v) is 7.27. The van der Waals surface area contributed by atoms with Crippen molar-refractivity contribution in [2.75, 3.05) is 6.54 Å². The SMILES string of the molecule is CC(C)(O)CNS(=O)(=O)C(C)(C)C. The van der Waals surface area contributed by atoms with E-state index in [4.69, 9.17) is 0 Å². The molecule has 0 saturated carbocycles. The summed E-state index contributed by atoms with van der Waals surface area (Å²) in [7, 11) is -3.34. The molecule has 4 nitrogen and oxygen atoms in total. The molecule has 0 radical (unpaired) electrons. The predicted molar refractivity (Wildman–Crippen MR) is 53.0 cm³/mol. The van der Waals surface area contributed by atoms with Crippen molar-refractivity contribution < 1.29 is 13.5 Å². The predicted octanol–water partition coefficient (Wildman–Crippen LogP) is 0.475. The number of rotatable bonds is 3. The highest BCUT2D eigenvalue weighted by Crippen LogP contribution is 2.13. The van der Waals surface area contributed by atoms with E-state index in [0.29, 0.717) is 0 Å². The smallest absolute Gasteiger partial charge is 0.216 e. The van der Waals surface area contributed by atoms with Crippen LogP contribution in [0.3, 0.4) is 0 Å². The van der Waals surface area contributed by atoms with Crippen LogP contribution in [0.1, 0.15) is 34.6 Å². The molecule has 0 rings (SSSR count). The first-order chi connectivity index (χ1) is 5.46. The maximum absolute atomic E-state index is 11.5. The van der Waals surface area contributed by atoms with E-state index in [2.05, 4.69) is 4.72 Å². The van der Waals surface area contributed by atoms with Crippen LogP contribution in [-0.4, -0.2) is 30.4 Å². The molecular formula is C8H19NO3S. The summed E-state index contributed by atoms with van der Waals surface area (Å²) in [6.07, 6.45) is 0. The molecule has 5 heteroatoms. The Morgan fingerprint density at radius 2 is 1.54 bits per heavy atom. The molecule has 0 saturated heterocycles. The highest BCUT2D eigenvalue weighted by atomic mass is 32.2. The summed E-state index contributed by atoms with van der Waals surface area (Å²) in [6.45, 7) is 7.97. The summed E-state index contributed by atoms with van der Waals surface area (Å²) in [5.74, 6) is 0. The van der Waals surface area contributed by atoms with Gasteiger partial charge in [-0.25, -0.2) is 13.1 Å². The van der Waals surface area contributed by atoms with Gasteiger partial charge in [0.05, 0.1) is 10.3 Å². The van der Waals surface area contributed by atoms with Gasteiger partial charge in [-0.1, -0.05) is 0 Å². The fourth-order valence-corrected chi connectivity index (χ4v) is 1.46. The molecule has 0 fully saturated rings. The summed E-state index contributed by atoms with van der Waals surface area (Å²) in [6, 6.07) is 0. The molecule has 0 aromatic heterocycles. The van der Waals surface area contributed by atoms with Crippen LogP contribution >= 0.6 is 0 Å². The van der Waals surface area contributed by atoms with Gasteiger partial charge in [-0.05, 0) is 34.6 Å². The van der Waals surface area contributed by atoms with Crippen LogP contribution in [0.5, 0.6) is 0 Å². The first kappa shape index (κ1) is 12.9. The van der Waals surface area contributed by atoms with Crippen LogP contribution in [0.2, 0.25) is 0 Å². The van der Waals surface area contributed by atoms with Gasteiger partial charge in [0.1, 0.15) is 0 Å². The molecule has 13 heavy (non-hydrogen) atoms. The van der Waals surface area contributed by atoms with Crippen molar-refractivity contribution in [3.8, 4) is 0 Å². The van der Waals surface area contributed by atoms with Gasteiger partial charge in [-0.3, -0.25) is 0 Å². The van der Waals surface area contributed by atoms with Gasteiger partial charge in [0.15, 0.2) is 0 Å². The molecule has 0 aliphatic rings. The Bertz CT molecular complexity index is 256. The lowest BCUT2D eigenvalue weighted by Gasteiger charge is -2.23. The summed E-state index contributed by atoms with van der Waals surface area (Å²) in [5.41, 5.74) is -1.02. The summed E-state index contributed by atoms with van der Waals surface area (Å²) < 4.78 is 24.5. The number of nitrogens with one attached hydrogen (secondary N) is 1. The average molecular weight is 209 g/mol. The lowest BCUT2D eigenvalue weighted by molar-refractivity contribution is 0.0856. The minimum absolute atomic E-state index is 0.0343. The Balaban J connectivity index is 4.40. The third kappa shape index (κ3) is 4.59. The largest absolute Gasteiger partial charge is 0.389 e. The van der Waals surface area contributed by atoms with E-state index >= 15 is 0 Å². The van der Waals surface area contributed by atoms with E-state index < -0.39 is 20.4 Å². The van der Waals surface area contributed by atoms with E-state index in [1.807, 2.05) is 0 Å². The van der Waals surface area contributed by atoms with Crippen LogP contribution in [0.25, 0.3) is 0 Å². The highest BCUT2D eigenvalue weighted by molar-refractivity contribution is 7.90. The van der Waals surface area contributed by atoms with E-state index in [1.165, 1.54) is 0 Å². The topological polar surface area (TPSA) is 66.4 Å². The van der Waals surface area contributed by atoms with Gasteiger partial charge < -0.3 is 5.11 Å². The third-order valence-electron chi connectivity index (χ3n) is 1.50. The molecule has 0 heterocycles.